The Labute approximate surface area is 242 Å². The van der Waals surface area contributed by atoms with Crippen LogP contribution in [0.1, 0.15) is 23.6 Å². The Bertz CT molecular complexity index is 1330. The summed E-state index contributed by atoms with van der Waals surface area (Å²) in [7, 11) is 0. The first-order chi connectivity index (χ1) is 20.2. The molecule has 12 heteroatoms. The highest BCUT2D eigenvalue weighted by atomic mass is 19.1. The number of carboxylic acids is 1. The van der Waals surface area contributed by atoms with Crippen LogP contribution in [0.5, 0.6) is 11.5 Å². The van der Waals surface area contributed by atoms with Crippen LogP contribution in [0.15, 0.2) is 66.7 Å². The summed E-state index contributed by atoms with van der Waals surface area (Å²) in [5, 5.41) is 20.6. The number of aliphatic carboxylic acids is 1. The van der Waals surface area contributed by atoms with Gasteiger partial charge in [-0.15, -0.1) is 0 Å². The number of carbonyl (C=O) groups is 2. The number of halogens is 1. The number of carboxylic acid groups (broad SMARTS) is 1. The SMILES string of the molecule is CCOC(Cc1ccc(OCCN(CCOCc2ccc(F)cc2)C(=O)Oc2ccc(C)c([N+](=O)[O-])c2)cc1)C(=O)O. The van der Waals surface area contributed by atoms with E-state index in [2.05, 4.69) is 0 Å². The highest BCUT2D eigenvalue weighted by molar-refractivity contribution is 5.72. The molecule has 0 heterocycles. The van der Waals surface area contributed by atoms with Gasteiger partial charge in [0.2, 0.25) is 0 Å². The zero-order valence-electron chi connectivity index (χ0n) is 23.4. The maximum Gasteiger partial charge on any atom is 0.415 e. The molecule has 0 spiro atoms. The van der Waals surface area contributed by atoms with E-state index in [1.807, 2.05) is 0 Å². The Balaban J connectivity index is 1.59. The summed E-state index contributed by atoms with van der Waals surface area (Å²) in [6.07, 6.45) is -1.48. The molecule has 42 heavy (non-hydrogen) atoms. The van der Waals surface area contributed by atoms with Gasteiger partial charge in [0.05, 0.1) is 30.7 Å². The average molecular weight is 585 g/mol. The van der Waals surface area contributed by atoms with Gasteiger partial charge in [-0.25, -0.2) is 14.0 Å². The van der Waals surface area contributed by atoms with Gasteiger partial charge in [0.15, 0.2) is 6.10 Å². The second-order valence-electron chi connectivity index (χ2n) is 9.22. The topological polar surface area (TPSA) is 138 Å². The number of benzene rings is 3. The monoisotopic (exact) mass is 584 g/mol. The molecule has 1 atom stereocenters. The molecule has 11 nitrogen and oxygen atoms in total. The highest BCUT2D eigenvalue weighted by Gasteiger charge is 2.20. The van der Waals surface area contributed by atoms with Gasteiger partial charge in [-0.2, -0.15) is 0 Å². The van der Waals surface area contributed by atoms with Gasteiger partial charge in [0.25, 0.3) is 5.69 Å². The number of hydrogen-bond acceptors (Lipinski definition) is 8. The molecule has 0 saturated carbocycles. The minimum Gasteiger partial charge on any atom is -0.492 e. The largest absolute Gasteiger partial charge is 0.492 e. The molecule has 224 valence electrons. The molecule has 0 bridgehead atoms. The third kappa shape index (κ3) is 10.1. The van der Waals surface area contributed by atoms with Gasteiger partial charge < -0.3 is 29.0 Å². The summed E-state index contributed by atoms with van der Waals surface area (Å²) in [5.41, 5.74) is 1.79. The van der Waals surface area contributed by atoms with E-state index in [1.54, 1.807) is 50.2 Å². The van der Waals surface area contributed by atoms with Crippen molar-refractivity contribution in [1.29, 1.82) is 0 Å². The van der Waals surface area contributed by atoms with Crippen LogP contribution < -0.4 is 9.47 Å². The maximum atomic E-state index is 13.1. The molecule has 0 radical (unpaired) electrons. The smallest absolute Gasteiger partial charge is 0.415 e. The lowest BCUT2D eigenvalue weighted by Gasteiger charge is -2.22. The molecule has 3 aromatic carbocycles. The van der Waals surface area contributed by atoms with Crippen LogP contribution in [0.25, 0.3) is 0 Å². The second-order valence-corrected chi connectivity index (χ2v) is 9.22. The third-order valence-corrected chi connectivity index (χ3v) is 6.15. The molecule has 0 aliphatic heterocycles. The minimum absolute atomic E-state index is 0.0257. The molecule has 0 aliphatic carbocycles. The number of carbonyl (C=O) groups excluding carboxylic acids is 1. The van der Waals surface area contributed by atoms with Crippen molar-refractivity contribution < 1.29 is 43.0 Å². The van der Waals surface area contributed by atoms with E-state index in [0.717, 1.165) is 11.1 Å². The van der Waals surface area contributed by atoms with Gasteiger partial charge in [0, 0.05) is 25.1 Å². The minimum atomic E-state index is -1.04. The van der Waals surface area contributed by atoms with Crippen LogP contribution in [-0.2, 0) is 27.3 Å². The summed E-state index contributed by atoms with van der Waals surface area (Å²) in [6.45, 7) is 4.29. The van der Waals surface area contributed by atoms with Gasteiger partial charge in [0.1, 0.15) is 23.9 Å². The normalized spacial score (nSPS) is 11.5. The number of ether oxygens (including phenoxy) is 4. The molecular weight excluding hydrogens is 551 g/mol. The molecule has 0 fully saturated rings. The number of amides is 1. The van der Waals surface area contributed by atoms with E-state index >= 15 is 0 Å². The first-order valence-corrected chi connectivity index (χ1v) is 13.3. The van der Waals surface area contributed by atoms with Crippen molar-refractivity contribution in [2.45, 2.75) is 33.0 Å². The zero-order chi connectivity index (χ0) is 30.5. The molecule has 0 saturated heterocycles. The summed E-state index contributed by atoms with van der Waals surface area (Å²) in [6, 6.07) is 16.9. The third-order valence-electron chi connectivity index (χ3n) is 6.15. The Hall–Kier alpha value is -4.55. The van der Waals surface area contributed by atoms with Gasteiger partial charge in [-0.05, 0) is 61.4 Å². The zero-order valence-corrected chi connectivity index (χ0v) is 23.4. The van der Waals surface area contributed by atoms with E-state index in [1.165, 1.54) is 35.2 Å². The Morgan fingerprint density at radius 3 is 2.26 bits per heavy atom. The van der Waals surface area contributed by atoms with Crippen molar-refractivity contribution >= 4 is 17.7 Å². The Kier molecular flexibility index (Phi) is 12.2. The summed E-state index contributed by atoms with van der Waals surface area (Å²) in [4.78, 5) is 36.4. The van der Waals surface area contributed by atoms with Crippen LogP contribution in [0.2, 0.25) is 0 Å². The summed E-state index contributed by atoms with van der Waals surface area (Å²) < 4.78 is 35.2. The van der Waals surface area contributed by atoms with Gasteiger partial charge in [-0.3, -0.25) is 10.1 Å². The van der Waals surface area contributed by atoms with Crippen molar-refractivity contribution in [3.05, 3.63) is 99.4 Å². The van der Waals surface area contributed by atoms with E-state index in [9.17, 15) is 29.2 Å². The molecular formula is C30H33FN2O9. The van der Waals surface area contributed by atoms with E-state index in [0.29, 0.717) is 11.3 Å². The highest BCUT2D eigenvalue weighted by Crippen LogP contribution is 2.24. The molecule has 1 unspecified atom stereocenters. The number of nitro groups is 1. The van der Waals surface area contributed by atoms with Crippen LogP contribution in [0.4, 0.5) is 14.9 Å². The van der Waals surface area contributed by atoms with Crippen molar-refractivity contribution in [1.82, 2.24) is 4.90 Å². The van der Waals surface area contributed by atoms with Crippen LogP contribution in [-0.4, -0.2) is 66.0 Å². The van der Waals surface area contributed by atoms with Crippen molar-refractivity contribution in [3.8, 4) is 11.5 Å². The Morgan fingerprint density at radius 1 is 0.976 bits per heavy atom. The first kappa shape index (κ1) is 32.0. The van der Waals surface area contributed by atoms with Gasteiger partial charge >= 0.3 is 12.1 Å². The number of aryl methyl sites for hydroxylation is 1. The van der Waals surface area contributed by atoms with Crippen molar-refractivity contribution in [3.63, 3.8) is 0 Å². The number of nitrogens with zero attached hydrogens (tertiary/aromatic N) is 2. The number of rotatable bonds is 16. The lowest BCUT2D eigenvalue weighted by molar-refractivity contribution is -0.385. The molecule has 3 aromatic rings. The molecule has 1 amide bonds. The van der Waals surface area contributed by atoms with E-state index < -0.39 is 23.1 Å². The predicted molar refractivity (Wildman–Crippen MR) is 150 cm³/mol. The van der Waals surface area contributed by atoms with Gasteiger partial charge in [-0.1, -0.05) is 24.3 Å². The summed E-state index contributed by atoms with van der Waals surface area (Å²) >= 11 is 0. The fourth-order valence-electron chi connectivity index (χ4n) is 3.88. The van der Waals surface area contributed by atoms with Crippen LogP contribution in [0.3, 0.4) is 0 Å². The molecule has 3 rings (SSSR count). The second kappa shape index (κ2) is 16.0. The summed E-state index contributed by atoms with van der Waals surface area (Å²) in [5.74, 6) is -0.852. The van der Waals surface area contributed by atoms with Crippen LogP contribution in [0, 0.1) is 22.9 Å². The van der Waals surface area contributed by atoms with Crippen molar-refractivity contribution in [2.24, 2.45) is 0 Å². The number of hydrogen-bond donors (Lipinski definition) is 1. The van der Waals surface area contributed by atoms with Crippen LogP contribution >= 0.6 is 0 Å². The van der Waals surface area contributed by atoms with Crippen molar-refractivity contribution in [2.75, 3.05) is 32.9 Å². The van der Waals surface area contributed by atoms with E-state index in [4.69, 9.17) is 18.9 Å². The Morgan fingerprint density at radius 2 is 1.62 bits per heavy atom. The lowest BCUT2D eigenvalue weighted by atomic mass is 10.1. The fraction of sp³-hybridized carbons (Fsp3) is 0.333. The molecule has 1 N–H and O–H groups in total. The molecule has 0 aliphatic rings. The maximum absolute atomic E-state index is 13.1. The average Bonchev–Trinajstić information content (AvgIpc) is 2.96. The predicted octanol–water partition coefficient (Wildman–Crippen LogP) is 5.17. The number of nitro benzene ring substituents is 1. The molecule has 0 aromatic heterocycles. The standard InChI is InChI=1S/C30H33FN2O9/c1-3-40-28(29(34)35)18-22-7-12-25(13-8-22)41-17-15-32(14-16-39-20-23-5-9-24(31)10-6-23)30(36)42-26-11-4-21(2)27(19-26)33(37)38/h4-13,19,28H,3,14-18,20H2,1-2H3,(H,34,35). The lowest BCUT2D eigenvalue weighted by Crippen LogP contribution is -2.39. The fourth-order valence-corrected chi connectivity index (χ4v) is 3.88. The quantitative estimate of drug-likeness (QED) is 0.137. The van der Waals surface area contributed by atoms with E-state index in [-0.39, 0.29) is 63.2 Å². The first-order valence-electron chi connectivity index (χ1n) is 13.3.